The number of ether oxygens (including phenoxy) is 1. The van der Waals surface area contributed by atoms with E-state index in [1.807, 2.05) is 25.4 Å². The van der Waals surface area contributed by atoms with E-state index in [-0.39, 0.29) is 5.91 Å². The Labute approximate surface area is 119 Å². The first-order valence-electron chi connectivity index (χ1n) is 5.70. The molecule has 1 aromatic carbocycles. The number of nitrogens with zero attached hydrogens (tertiary/aromatic N) is 2. The Bertz CT molecular complexity index is 595. The van der Waals surface area contributed by atoms with Crippen LogP contribution in [-0.2, 0) is 13.6 Å². The van der Waals surface area contributed by atoms with E-state index in [1.54, 1.807) is 23.9 Å². The minimum Gasteiger partial charge on any atom is -0.496 e. The Kier molecular flexibility index (Phi) is 4.21. The Morgan fingerprint density at radius 1 is 1.47 bits per heavy atom. The van der Waals surface area contributed by atoms with Gasteiger partial charge in [-0.2, -0.15) is 5.10 Å². The zero-order valence-corrected chi connectivity index (χ0v) is 12.3. The van der Waals surface area contributed by atoms with E-state index in [0.29, 0.717) is 17.9 Å². The first kappa shape index (κ1) is 13.6. The van der Waals surface area contributed by atoms with Crippen molar-refractivity contribution in [3.8, 4) is 5.75 Å². The van der Waals surface area contributed by atoms with E-state index in [4.69, 9.17) is 4.74 Å². The number of rotatable bonds is 4. The second-order valence-electron chi connectivity index (χ2n) is 4.01. The smallest absolute Gasteiger partial charge is 0.255 e. The number of hydrogen-bond acceptors (Lipinski definition) is 3. The monoisotopic (exact) mass is 323 g/mol. The lowest BCUT2D eigenvalue weighted by atomic mass is 10.2. The molecule has 0 aliphatic rings. The van der Waals surface area contributed by atoms with Crippen LogP contribution in [-0.4, -0.2) is 22.8 Å². The number of carbonyl (C=O) groups is 1. The van der Waals surface area contributed by atoms with E-state index < -0.39 is 0 Å². The molecule has 1 aromatic heterocycles. The summed E-state index contributed by atoms with van der Waals surface area (Å²) in [7, 11) is 3.38. The predicted octanol–water partition coefficient (Wildman–Crippen LogP) is 2.12. The molecule has 0 bridgehead atoms. The molecule has 1 N–H and O–H groups in total. The third kappa shape index (κ3) is 3.35. The molecule has 0 aliphatic carbocycles. The molecule has 100 valence electrons. The van der Waals surface area contributed by atoms with E-state index in [0.717, 1.165) is 10.2 Å². The SMILES string of the molecule is COc1ccc(Br)cc1C(=O)NCc1ccn(C)n1. The van der Waals surface area contributed by atoms with E-state index in [2.05, 4.69) is 26.3 Å². The lowest BCUT2D eigenvalue weighted by molar-refractivity contribution is 0.0947. The van der Waals surface area contributed by atoms with Gasteiger partial charge in [0.25, 0.3) is 5.91 Å². The number of aromatic nitrogens is 2. The summed E-state index contributed by atoms with van der Waals surface area (Å²) in [5.41, 5.74) is 1.30. The average Bonchev–Trinajstić information content (AvgIpc) is 2.81. The lowest BCUT2D eigenvalue weighted by Gasteiger charge is -2.09. The summed E-state index contributed by atoms with van der Waals surface area (Å²) >= 11 is 3.34. The summed E-state index contributed by atoms with van der Waals surface area (Å²) in [6.45, 7) is 0.384. The van der Waals surface area contributed by atoms with Gasteiger partial charge >= 0.3 is 0 Å². The van der Waals surface area contributed by atoms with Crippen LogP contribution in [0.5, 0.6) is 5.75 Å². The Morgan fingerprint density at radius 2 is 2.26 bits per heavy atom. The minimum atomic E-state index is -0.191. The maximum Gasteiger partial charge on any atom is 0.255 e. The molecule has 0 fully saturated rings. The van der Waals surface area contributed by atoms with Gasteiger partial charge in [0.15, 0.2) is 0 Å². The summed E-state index contributed by atoms with van der Waals surface area (Å²) in [6.07, 6.45) is 1.83. The molecule has 2 rings (SSSR count). The molecule has 6 heteroatoms. The number of halogens is 1. The fraction of sp³-hybridized carbons (Fsp3) is 0.231. The third-order valence-electron chi connectivity index (χ3n) is 2.61. The summed E-state index contributed by atoms with van der Waals surface area (Å²) < 4.78 is 7.70. The van der Waals surface area contributed by atoms with Gasteiger partial charge in [-0.25, -0.2) is 0 Å². The van der Waals surface area contributed by atoms with Gasteiger partial charge in [0.1, 0.15) is 5.75 Å². The summed E-state index contributed by atoms with van der Waals surface area (Å²) in [5.74, 6) is 0.352. The molecule has 19 heavy (non-hydrogen) atoms. The zero-order valence-electron chi connectivity index (χ0n) is 10.7. The van der Waals surface area contributed by atoms with Crippen molar-refractivity contribution in [1.29, 1.82) is 0 Å². The van der Waals surface area contributed by atoms with Crippen LogP contribution in [0.2, 0.25) is 0 Å². The van der Waals surface area contributed by atoms with E-state index in [1.165, 1.54) is 0 Å². The maximum absolute atomic E-state index is 12.1. The topological polar surface area (TPSA) is 56.1 Å². The van der Waals surface area contributed by atoms with Crippen molar-refractivity contribution in [3.05, 3.63) is 46.2 Å². The molecular weight excluding hydrogens is 310 g/mol. The van der Waals surface area contributed by atoms with Crippen LogP contribution in [0.4, 0.5) is 0 Å². The molecular formula is C13H14BrN3O2. The third-order valence-corrected chi connectivity index (χ3v) is 3.10. The van der Waals surface area contributed by atoms with Gasteiger partial charge in [0.2, 0.25) is 0 Å². The highest BCUT2D eigenvalue weighted by atomic mass is 79.9. The number of carbonyl (C=O) groups excluding carboxylic acids is 1. The van der Waals surface area contributed by atoms with Crippen LogP contribution in [0, 0.1) is 0 Å². The van der Waals surface area contributed by atoms with Gasteiger partial charge in [0.05, 0.1) is 24.9 Å². The number of hydrogen-bond donors (Lipinski definition) is 1. The summed E-state index contributed by atoms with van der Waals surface area (Å²) in [5, 5.41) is 7.01. The predicted molar refractivity (Wildman–Crippen MR) is 75.1 cm³/mol. The summed E-state index contributed by atoms with van der Waals surface area (Å²) in [4.78, 5) is 12.1. The summed E-state index contributed by atoms with van der Waals surface area (Å²) in [6, 6.07) is 7.17. The molecule has 1 heterocycles. The molecule has 1 amide bonds. The molecule has 2 aromatic rings. The number of aryl methyl sites for hydroxylation is 1. The molecule has 0 unspecified atom stereocenters. The van der Waals surface area contributed by atoms with Gasteiger partial charge in [0, 0.05) is 17.7 Å². The number of methoxy groups -OCH3 is 1. The maximum atomic E-state index is 12.1. The van der Waals surface area contributed by atoms with Crippen molar-refractivity contribution >= 4 is 21.8 Å². The van der Waals surface area contributed by atoms with Gasteiger partial charge in [-0.3, -0.25) is 9.48 Å². The van der Waals surface area contributed by atoms with Crippen LogP contribution < -0.4 is 10.1 Å². The van der Waals surface area contributed by atoms with E-state index >= 15 is 0 Å². The minimum absolute atomic E-state index is 0.191. The fourth-order valence-corrected chi connectivity index (χ4v) is 2.04. The Balaban J connectivity index is 2.09. The first-order chi connectivity index (χ1) is 9.10. The molecule has 0 atom stereocenters. The average molecular weight is 324 g/mol. The van der Waals surface area contributed by atoms with Gasteiger partial charge in [-0.15, -0.1) is 0 Å². The van der Waals surface area contributed by atoms with Crippen molar-refractivity contribution in [2.45, 2.75) is 6.54 Å². The number of benzene rings is 1. The molecule has 0 radical (unpaired) electrons. The molecule has 0 spiro atoms. The van der Waals surface area contributed by atoms with Crippen molar-refractivity contribution in [1.82, 2.24) is 15.1 Å². The highest BCUT2D eigenvalue weighted by Gasteiger charge is 2.12. The van der Waals surface area contributed by atoms with E-state index in [9.17, 15) is 4.79 Å². The fourth-order valence-electron chi connectivity index (χ4n) is 1.68. The second kappa shape index (κ2) is 5.88. The highest BCUT2D eigenvalue weighted by Crippen LogP contribution is 2.22. The number of nitrogens with one attached hydrogen (secondary N) is 1. The lowest BCUT2D eigenvalue weighted by Crippen LogP contribution is -2.23. The van der Waals surface area contributed by atoms with Crippen LogP contribution in [0.25, 0.3) is 0 Å². The van der Waals surface area contributed by atoms with Crippen molar-refractivity contribution in [3.63, 3.8) is 0 Å². The van der Waals surface area contributed by atoms with Gasteiger partial charge in [-0.05, 0) is 24.3 Å². The highest BCUT2D eigenvalue weighted by molar-refractivity contribution is 9.10. The van der Waals surface area contributed by atoms with Crippen LogP contribution in [0.1, 0.15) is 16.1 Å². The molecule has 0 saturated carbocycles. The number of amides is 1. The van der Waals surface area contributed by atoms with Gasteiger partial charge in [-0.1, -0.05) is 15.9 Å². The van der Waals surface area contributed by atoms with Crippen LogP contribution in [0.15, 0.2) is 34.9 Å². The van der Waals surface area contributed by atoms with Crippen LogP contribution in [0.3, 0.4) is 0 Å². The Morgan fingerprint density at radius 3 is 2.89 bits per heavy atom. The van der Waals surface area contributed by atoms with Crippen LogP contribution >= 0.6 is 15.9 Å². The molecule has 5 nitrogen and oxygen atoms in total. The second-order valence-corrected chi connectivity index (χ2v) is 4.92. The quantitative estimate of drug-likeness (QED) is 0.937. The zero-order chi connectivity index (χ0) is 13.8. The largest absolute Gasteiger partial charge is 0.496 e. The van der Waals surface area contributed by atoms with Crippen molar-refractivity contribution in [2.75, 3.05) is 7.11 Å². The van der Waals surface area contributed by atoms with Crippen molar-refractivity contribution < 1.29 is 9.53 Å². The normalized spacial score (nSPS) is 10.3. The molecule has 0 saturated heterocycles. The Hall–Kier alpha value is -1.82. The first-order valence-corrected chi connectivity index (χ1v) is 6.49. The van der Waals surface area contributed by atoms with Gasteiger partial charge < -0.3 is 10.1 Å². The van der Waals surface area contributed by atoms with Crippen molar-refractivity contribution in [2.24, 2.45) is 7.05 Å². The molecule has 0 aliphatic heterocycles. The standard InChI is InChI=1S/C13H14BrN3O2/c1-17-6-5-10(16-17)8-15-13(18)11-7-9(14)3-4-12(11)19-2/h3-7H,8H2,1-2H3,(H,15,18).